The Hall–Kier alpha value is -3.74. The van der Waals surface area contributed by atoms with Crippen LogP contribution in [0, 0.1) is 0 Å². The molecule has 3 aromatic rings. The average Bonchev–Trinajstić information content (AvgIpc) is 3.41. The molecule has 2 heterocycles. The molecule has 0 radical (unpaired) electrons. The highest BCUT2D eigenvalue weighted by atomic mass is 16.5. The van der Waals surface area contributed by atoms with E-state index in [1.807, 2.05) is 54.3 Å². The molecule has 7 nitrogen and oxygen atoms in total. The van der Waals surface area contributed by atoms with Crippen LogP contribution in [-0.2, 0) is 17.9 Å². The van der Waals surface area contributed by atoms with Crippen molar-refractivity contribution in [1.29, 1.82) is 0 Å². The Morgan fingerprint density at radius 2 is 1.71 bits per heavy atom. The Morgan fingerprint density at radius 1 is 0.914 bits per heavy atom. The summed E-state index contributed by atoms with van der Waals surface area (Å²) in [5.74, 6) is 1.43. The van der Waals surface area contributed by atoms with Crippen molar-refractivity contribution in [2.24, 2.45) is 0 Å². The lowest BCUT2D eigenvalue weighted by Crippen LogP contribution is -2.38. The van der Waals surface area contributed by atoms with Gasteiger partial charge in [-0.25, -0.2) is 0 Å². The first-order valence-corrected chi connectivity index (χ1v) is 12.2. The van der Waals surface area contributed by atoms with Crippen molar-refractivity contribution < 1.29 is 23.5 Å². The van der Waals surface area contributed by atoms with Crippen LogP contribution in [0.2, 0.25) is 0 Å². The first-order valence-electron chi connectivity index (χ1n) is 12.2. The van der Waals surface area contributed by atoms with Crippen LogP contribution in [0.4, 0.5) is 0 Å². The molecule has 4 rings (SSSR count). The second-order valence-corrected chi connectivity index (χ2v) is 8.55. The van der Waals surface area contributed by atoms with Crippen LogP contribution in [0.5, 0.6) is 11.5 Å². The predicted octanol–water partition coefficient (Wildman–Crippen LogP) is 4.91. The molecule has 1 aliphatic rings. The van der Waals surface area contributed by atoms with E-state index < -0.39 is 0 Å². The van der Waals surface area contributed by atoms with E-state index in [-0.39, 0.29) is 18.4 Å². The first kappa shape index (κ1) is 24.4. The zero-order valence-electron chi connectivity index (χ0n) is 20.2. The van der Waals surface area contributed by atoms with Gasteiger partial charge in [-0.15, -0.1) is 0 Å². The standard InChI is InChI=1S/C28H32N2O5/c1-2-33-26-18-23(13-14-25(26)35-21-27(31)29-15-7-4-8-16-29)28(32)30(20-24-12-9-17-34-24)19-22-10-5-3-6-11-22/h3,5-6,9-14,17-18H,2,4,7-8,15-16,19-21H2,1H3. The van der Waals surface area contributed by atoms with Gasteiger partial charge in [0.05, 0.1) is 19.4 Å². The molecule has 0 atom stereocenters. The minimum Gasteiger partial charge on any atom is -0.490 e. The highest BCUT2D eigenvalue weighted by Crippen LogP contribution is 2.30. The number of nitrogens with zero attached hydrogens (tertiary/aromatic N) is 2. The maximum atomic E-state index is 13.5. The van der Waals surface area contributed by atoms with Crippen LogP contribution in [0.15, 0.2) is 71.3 Å². The van der Waals surface area contributed by atoms with E-state index in [0.717, 1.165) is 37.9 Å². The zero-order chi connectivity index (χ0) is 24.5. The molecule has 1 fully saturated rings. The van der Waals surface area contributed by atoms with Gasteiger partial charge in [-0.2, -0.15) is 0 Å². The number of carbonyl (C=O) groups is 2. The van der Waals surface area contributed by atoms with Gasteiger partial charge in [0.15, 0.2) is 18.1 Å². The molecule has 2 amide bonds. The van der Waals surface area contributed by atoms with Crippen molar-refractivity contribution in [2.45, 2.75) is 39.3 Å². The van der Waals surface area contributed by atoms with Gasteiger partial charge in [-0.1, -0.05) is 30.3 Å². The zero-order valence-corrected chi connectivity index (χ0v) is 20.2. The maximum absolute atomic E-state index is 13.5. The quantitative estimate of drug-likeness (QED) is 0.416. The predicted molar refractivity (Wildman–Crippen MR) is 132 cm³/mol. The summed E-state index contributed by atoms with van der Waals surface area (Å²) in [6.07, 6.45) is 4.83. The van der Waals surface area contributed by atoms with Crippen LogP contribution in [0.3, 0.4) is 0 Å². The fraction of sp³-hybridized carbons (Fsp3) is 0.357. The number of hydrogen-bond donors (Lipinski definition) is 0. The smallest absolute Gasteiger partial charge is 0.260 e. The number of rotatable bonds is 10. The van der Waals surface area contributed by atoms with Crippen LogP contribution >= 0.6 is 0 Å². The Labute approximate surface area is 206 Å². The largest absolute Gasteiger partial charge is 0.490 e. The molecule has 2 aromatic carbocycles. The SMILES string of the molecule is CCOc1cc(C(=O)N(Cc2ccccc2)Cc2ccco2)ccc1OCC(=O)N1CCCCC1. The van der Waals surface area contributed by atoms with Gasteiger partial charge in [0.2, 0.25) is 0 Å². The molecule has 0 saturated carbocycles. The van der Waals surface area contributed by atoms with Crippen LogP contribution in [0.25, 0.3) is 0 Å². The number of furan rings is 1. The second kappa shape index (κ2) is 12.1. The third kappa shape index (κ3) is 6.66. The maximum Gasteiger partial charge on any atom is 0.260 e. The number of amides is 2. The van der Waals surface area contributed by atoms with Gasteiger partial charge >= 0.3 is 0 Å². The number of carbonyl (C=O) groups excluding carboxylic acids is 2. The van der Waals surface area contributed by atoms with E-state index in [9.17, 15) is 9.59 Å². The van der Waals surface area contributed by atoms with Crippen molar-refractivity contribution in [3.63, 3.8) is 0 Å². The molecular formula is C28H32N2O5. The molecule has 0 aliphatic carbocycles. The highest BCUT2D eigenvalue weighted by molar-refractivity contribution is 5.95. The Balaban J connectivity index is 1.50. The number of benzene rings is 2. The second-order valence-electron chi connectivity index (χ2n) is 8.55. The van der Waals surface area contributed by atoms with E-state index in [1.54, 1.807) is 29.4 Å². The van der Waals surface area contributed by atoms with Gasteiger partial charge in [-0.3, -0.25) is 9.59 Å². The Bertz CT molecular complexity index is 1090. The molecule has 184 valence electrons. The van der Waals surface area contributed by atoms with Gasteiger partial charge in [0.25, 0.3) is 11.8 Å². The summed E-state index contributed by atoms with van der Waals surface area (Å²) in [6.45, 7) is 4.57. The van der Waals surface area contributed by atoms with E-state index in [4.69, 9.17) is 13.9 Å². The van der Waals surface area contributed by atoms with Crippen LogP contribution in [0.1, 0.15) is 47.9 Å². The summed E-state index contributed by atoms with van der Waals surface area (Å²) in [4.78, 5) is 29.6. The summed E-state index contributed by atoms with van der Waals surface area (Å²) in [5, 5.41) is 0. The molecule has 0 unspecified atom stereocenters. The van der Waals surface area contributed by atoms with Crippen LogP contribution in [-0.4, -0.2) is 47.9 Å². The fourth-order valence-corrected chi connectivity index (χ4v) is 4.18. The molecule has 1 aromatic heterocycles. The summed E-state index contributed by atoms with van der Waals surface area (Å²) in [5.41, 5.74) is 1.50. The molecule has 0 spiro atoms. The summed E-state index contributed by atoms with van der Waals surface area (Å²) >= 11 is 0. The number of hydrogen-bond acceptors (Lipinski definition) is 5. The number of piperidine rings is 1. The Kier molecular flexibility index (Phi) is 8.44. The number of likely N-dealkylation sites (tertiary alicyclic amines) is 1. The first-order chi connectivity index (χ1) is 17.1. The summed E-state index contributed by atoms with van der Waals surface area (Å²) in [7, 11) is 0. The van der Waals surface area contributed by atoms with Crippen molar-refractivity contribution in [2.75, 3.05) is 26.3 Å². The third-order valence-corrected chi connectivity index (χ3v) is 5.98. The average molecular weight is 477 g/mol. The number of ether oxygens (including phenoxy) is 2. The van der Waals surface area contributed by atoms with E-state index >= 15 is 0 Å². The monoisotopic (exact) mass is 476 g/mol. The lowest BCUT2D eigenvalue weighted by Gasteiger charge is -2.26. The van der Waals surface area contributed by atoms with Gasteiger partial charge in [-0.05, 0) is 62.1 Å². The molecule has 1 aliphatic heterocycles. The van der Waals surface area contributed by atoms with E-state index in [1.165, 1.54) is 0 Å². The van der Waals surface area contributed by atoms with Gasteiger partial charge in [0.1, 0.15) is 5.76 Å². The molecule has 0 N–H and O–H groups in total. The molecule has 7 heteroatoms. The Morgan fingerprint density at radius 3 is 2.43 bits per heavy atom. The summed E-state index contributed by atoms with van der Waals surface area (Å²) in [6, 6.07) is 18.6. The van der Waals surface area contributed by atoms with Crippen molar-refractivity contribution in [3.8, 4) is 11.5 Å². The topological polar surface area (TPSA) is 72.2 Å². The molecule has 1 saturated heterocycles. The van der Waals surface area contributed by atoms with E-state index in [0.29, 0.717) is 42.5 Å². The third-order valence-electron chi connectivity index (χ3n) is 5.98. The lowest BCUT2D eigenvalue weighted by atomic mass is 10.1. The fourth-order valence-electron chi connectivity index (χ4n) is 4.18. The summed E-state index contributed by atoms with van der Waals surface area (Å²) < 4.78 is 17.1. The normalized spacial score (nSPS) is 13.3. The molecule has 35 heavy (non-hydrogen) atoms. The lowest BCUT2D eigenvalue weighted by molar-refractivity contribution is -0.134. The minimum atomic E-state index is -0.151. The van der Waals surface area contributed by atoms with Crippen molar-refractivity contribution >= 4 is 11.8 Å². The van der Waals surface area contributed by atoms with Crippen molar-refractivity contribution in [3.05, 3.63) is 83.8 Å². The van der Waals surface area contributed by atoms with E-state index in [2.05, 4.69) is 0 Å². The highest BCUT2D eigenvalue weighted by Gasteiger charge is 2.21. The molecular weight excluding hydrogens is 444 g/mol. The molecule has 0 bridgehead atoms. The van der Waals surface area contributed by atoms with Crippen LogP contribution < -0.4 is 9.47 Å². The van der Waals surface area contributed by atoms with Gasteiger partial charge < -0.3 is 23.7 Å². The van der Waals surface area contributed by atoms with Gasteiger partial charge in [0, 0.05) is 25.2 Å². The minimum absolute atomic E-state index is 0.0280. The van der Waals surface area contributed by atoms with Crippen molar-refractivity contribution in [1.82, 2.24) is 9.80 Å².